The van der Waals surface area contributed by atoms with Crippen molar-refractivity contribution in [1.29, 1.82) is 0 Å². The Labute approximate surface area is 141 Å². The molecule has 4 heteroatoms. The molecule has 24 heavy (non-hydrogen) atoms. The molecule has 2 heterocycles. The molecule has 126 valence electrons. The van der Waals surface area contributed by atoms with Gasteiger partial charge in [0.2, 0.25) is 0 Å². The van der Waals surface area contributed by atoms with Crippen LogP contribution in [0.1, 0.15) is 41.7 Å². The average molecular weight is 327 g/mol. The molecule has 0 unspecified atom stereocenters. The predicted molar refractivity (Wildman–Crippen MR) is 91.4 cm³/mol. The molecule has 4 atom stereocenters. The Morgan fingerprint density at radius 2 is 2.00 bits per heavy atom. The molecule has 0 bridgehead atoms. The van der Waals surface area contributed by atoms with Gasteiger partial charge in [0.15, 0.2) is 0 Å². The van der Waals surface area contributed by atoms with Gasteiger partial charge in [-0.3, -0.25) is 0 Å². The maximum Gasteiger partial charge on any atom is 0.146 e. The Kier molecular flexibility index (Phi) is 4.02. The average Bonchev–Trinajstić information content (AvgIpc) is 2.61. The van der Waals surface area contributed by atoms with Crippen LogP contribution < -0.4 is 5.32 Å². The third-order valence-corrected chi connectivity index (χ3v) is 5.21. The first-order chi connectivity index (χ1) is 11.7. The molecule has 0 saturated carbocycles. The number of ether oxygens (including phenoxy) is 1. The van der Waals surface area contributed by atoms with Crippen LogP contribution in [0.15, 0.2) is 42.5 Å². The van der Waals surface area contributed by atoms with Gasteiger partial charge in [0, 0.05) is 11.5 Å². The molecule has 2 aliphatic heterocycles. The second-order valence-electron chi connectivity index (χ2n) is 6.85. The fraction of sp³-hybridized carbons (Fsp3) is 0.400. The standard InChI is InChI=1S/C20H22FNO2/c1-12-9-16-19(17(21)10-12)22-18(13-5-3-2-4-6-13)15-8-7-14(11-23)24-20(15)16/h2-6,9-10,14-15,18,20,22-23H,7-8,11H2,1H3/t14-,15+,18+,20+/m0/s1. The Balaban J connectivity index is 1.80. The molecule has 2 aliphatic rings. The summed E-state index contributed by atoms with van der Waals surface area (Å²) in [6.07, 6.45) is 1.41. The number of rotatable bonds is 2. The lowest BCUT2D eigenvalue weighted by Gasteiger charge is -2.45. The summed E-state index contributed by atoms with van der Waals surface area (Å²) >= 11 is 0. The molecule has 2 aromatic rings. The van der Waals surface area contributed by atoms with Gasteiger partial charge in [-0.15, -0.1) is 0 Å². The third kappa shape index (κ3) is 2.60. The maximum absolute atomic E-state index is 14.6. The monoisotopic (exact) mass is 327 g/mol. The highest BCUT2D eigenvalue weighted by Crippen LogP contribution is 2.51. The van der Waals surface area contributed by atoms with Gasteiger partial charge in [-0.25, -0.2) is 4.39 Å². The first kappa shape index (κ1) is 15.6. The molecule has 0 radical (unpaired) electrons. The highest BCUT2D eigenvalue weighted by Gasteiger charge is 2.43. The van der Waals surface area contributed by atoms with Crippen LogP contribution in [0.2, 0.25) is 0 Å². The smallest absolute Gasteiger partial charge is 0.146 e. The van der Waals surface area contributed by atoms with Crippen molar-refractivity contribution in [1.82, 2.24) is 0 Å². The SMILES string of the molecule is Cc1cc(F)c2c(c1)[C@@H]1O[C@H](CO)CC[C@@H]1[C@@H](c1ccccc1)N2. The van der Waals surface area contributed by atoms with Crippen molar-refractivity contribution in [2.24, 2.45) is 5.92 Å². The van der Waals surface area contributed by atoms with E-state index >= 15 is 0 Å². The molecular formula is C20H22FNO2. The number of fused-ring (bicyclic) bond motifs is 3. The van der Waals surface area contributed by atoms with Gasteiger partial charge < -0.3 is 15.2 Å². The summed E-state index contributed by atoms with van der Waals surface area (Å²) < 4.78 is 20.8. The quantitative estimate of drug-likeness (QED) is 0.871. The van der Waals surface area contributed by atoms with Gasteiger partial charge in [-0.1, -0.05) is 36.4 Å². The van der Waals surface area contributed by atoms with Crippen LogP contribution in [0.25, 0.3) is 0 Å². The van der Waals surface area contributed by atoms with Gasteiger partial charge in [0.25, 0.3) is 0 Å². The van der Waals surface area contributed by atoms with E-state index in [2.05, 4.69) is 17.4 Å². The second kappa shape index (κ2) is 6.19. The van der Waals surface area contributed by atoms with Crippen LogP contribution in [-0.2, 0) is 4.74 Å². The van der Waals surface area contributed by atoms with Gasteiger partial charge in [-0.2, -0.15) is 0 Å². The van der Waals surface area contributed by atoms with Crippen LogP contribution in [0, 0.1) is 18.7 Å². The van der Waals surface area contributed by atoms with E-state index in [0.717, 1.165) is 29.5 Å². The maximum atomic E-state index is 14.6. The fourth-order valence-corrected chi connectivity index (χ4v) is 4.08. The zero-order valence-electron chi connectivity index (χ0n) is 13.7. The molecule has 1 saturated heterocycles. The van der Waals surface area contributed by atoms with Crippen molar-refractivity contribution in [3.8, 4) is 0 Å². The lowest BCUT2D eigenvalue weighted by Crippen LogP contribution is -2.40. The number of aliphatic hydroxyl groups is 1. The van der Waals surface area contributed by atoms with Crippen molar-refractivity contribution in [2.75, 3.05) is 11.9 Å². The highest BCUT2D eigenvalue weighted by molar-refractivity contribution is 5.59. The minimum absolute atomic E-state index is 0.0102. The summed E-state index contributed by atoms with van der Waals surface area (Å²) in [5, 5.41) is 12.9. The number of aliphatic hydroxyl groups excluding tert-OH is 1. The van der Waals surface area contributed by atoms with Crippen molar-refractivity contribution < 1.29 is 14.2 Å². The van der Waals surface area contributed by atoms with Crippen LogP contribution in [-0.4, -0.2) is 17.8 Å². The number of benzene rings is 2. The normalized spacial score (nSPS) is 28.6. The summed E-state index contributed by atoms with van der Waals surface area (Å²) in [6.45, 7) is 1.91. The van der Waals surface area contributed by atoms with Crippen LogP contribution in [0.3, 0.4) is 0 Å². The zero-order chi connectivity index (χ0) is 16.7. The van der Waals surface area contributed by atoms with E-state index in [1.807, 2.05) is 31.2 Å². The molecule has 0 amide bonds. The largest absolute Gasteiger partial charge is 0.394 e. The summed E-state index contributed by atoms with van der Waals surface area (Å²) in [4.78, 5) is 0. The lowest BCUT2D eigenvalue weighted by molar-refractivity contribution is -0.110. The van der Waals surface area contributed by atoms with Gasteiger partial charge in [0.1, 0.15) is 5.82 Å². The highest BCUT2D eigenvalue weighted by atomic mass is 19.1. The fourth-order valence-electron chi connectivity index (χ4n) is 4.08. The summed E-state index contributed by atoms with van der Waals surface area (Å²) in [6, 6.07) is 13.7. The number of aryl methyl sites for hydroxylation is 1. The number of halogens is 1. The molecule has 2 aromatic carbocycles. The first-order valence-corrected chi connectivity index (χ1v) is 8.55. The van der Waals surface area contributed by atoms with Crippen molar-refractivity contribution in [2.45, 2.75) is 38.0 Å². The molecule has 0 aliphatic carbocycles. The molecular weight excluding hydrogens is 305 g/mol. The van der Waals surface area contributed by atoms with E-state index in [9.17, 15) is 9.50 Å². The Morgan fingerprint density at radius 3 is 2.75 bits per heavy atom. The van der Waals surface area contributed by atoms with Gasteiger partial charge in [-0.05, 0) is 37.0 Å². The van der Waals surface area contributed by atoms with Crippen LogP contribution in [0.4, 0.5) is 10.1 Å². The Bertz CT molecular complexity index is 734. The lowest BCUT2D eigenvalue weighted by atomic mass is 9.76. The van der Waals surface area contributed by atoms with E-state index in [1.165, 1.54) is 0 Å². The minimum atomic E-state index is -0.237. The predicted octanol–water partition coefficient (Wildman–Crippen LogP) is 4.13. The number of hydrogen-bond donors (Lipinski definition) is 2. The van der Waals surface area contributed by atoms with E-state index in [0.29, 0.717) is 5.69 Å². The molecule has 4 rings (SSSR count). The topological polar surface area (TPSA) is 41.5 Å². The van der Waals surface area contributed by atoms with Gasteiger partial charge in [0.05, 0.1) is 30.5 Å². The Hall–Kier alpha value is -1.91. The molecule has 3 nitrogen and oxygen atoms in total. The molecule has 0 spiro atoms. The second-order valence-corrected chi connectivity index (χ2v) is 6.85. The number of nitrogens with one attached hydrogen (secondary N) is 1. The summed E-state index contributed by atoms with van der Waals surface area (Å²) in [5.74, 6) is -0.0111. The van der Waals surface area contributed by atoms with Gasteiger partial charge >= 0.3 is 0 Å². The molecule has 0 aromatic heterocycles. The first-order valence-electron chi connectivity index (χ1n) is 8.55. The van der Waals surface area contributed by atoms with Crippen molar-refractivity contribution >= 4 is 5.69 Å². The van der Waals surface area contributed by atoms with E-state index in [4.69, 9.17) is 4.74 Å². The van der Waals surface area contributed by atoms with Crippen molar-refractivity contribution in [3.63, 3.8) is 0 Å². The van der Waals surface area contributed by atoms with Crippen molar-refractivity contribution in [3.05, 3.63) is 65.0 Å². The number of hydrogen-bond acceptors (Lipinski definition) is 3. The van der Waals surface area contributed by atoms with E-state index < -0.39 is 0 Å². The number of anilines is 1. The molecule has 2 N–H and O–H groups in total. The van der Waals surface area contributed by atoms with E-state index in [1.54, 1.807) is 6.07 Å². The minimum Gasteiger partial charge on any atom is -0.394 e. The molecule has 1 fully saturated rings. The third-order valence-electron chi connectivity index (χ3n) is 5.21. The van der Waals surface area contributed by atoms with E-state index in [-0.39, 0.29) is 36.6 Å². The van der Waals surface area contributed by atoms with Crippen LogP contribution in [0.5, 0.6) is 0 Å². The van der Waals surface area contributed by atoms with Crippen LogP contribution >= 0.6 is 0 Å². The summed E-state index contributed by atoms with van der Waals surface area (Å²) in [7, 11) is 0. The zero-order valence-corrected chi connectivity index (χ0v) is 13.7. The summed E-state index contributed by atoms with van der Waals surface area (Å²) in [5.41, 5.74) is 3.45. The Morgan fingerprint density at radius 1 is 1.21 bits per heavy atom.